The number of benzene rings is 1. The molecule has 0 saturated carbocycles. The Balaban J connectivity index is 1.83. The van der Waals surface area contributed by atoms with Crippen molar-refractivity contribution in [3.8, 4) is 0 Å². The predicted octanol–water partition coefficient (Wildman–Crippen LogP) is 0.871. The average molecular weight is 329 g/mol. The van der Waals surface area contributed by atoms with E-state index in [4.69, 9.17) is 0 Å². The van der Waals surface area contributed by atoms with Gasteiger partial charge in [-0.3, -0.25) is 24.2 Å². The van der Waals surface area contributed by atoms with E-state index in [9.17, 15) is 20.0 Å². The number of aromatic nitrogens is 4. The van der Waals surface area contributed by atoms with Gasteiger partial charge in [0.05, 0.1) is 35.0 Å². The Hall–Kier alpha value is -3.07. The lowest BCUT2D eigenvalue weighted by Crippen LogP contribution is -2.31. The maximum atomic E-state index is 12.5. The van der Waals surface area contributed by atoms with Crippen LogP contribution < -0.4 is 5.56 Å². The van der Waals surface area contributed by atoms with Crippen LogP contribution in [0.1, 0.15) is 5.82 Å². The molecule has 1 aromatic carbocycles. The molecule has 0 aliphatic carbocycles. The fourth-order valence-corrected chi connectivity index (χ4v) is 2.53. The minimum atomic E-state index is -0.941. The number of aliphatic hydroxyl groups excluding tert-OH is 1. The predicted molar refractivity (Wildman–Crippen MR) is 85.6 cm³/mol. The van der Waals surface area contributed by atoms with E-state index in [2.05, 4.69) is 10.1 Å². The first-order valence-corrected chi connectivity index (χ1v) is 7.27. The molecule has 3 aromatic rings. The molecule has 9 nitrogen and oxygen atoms in total. The van der Waals surface area contributed by atoms with Crippen molar-refractivity contribution in [1.82, 2.24) is 19.3 Å². The Bertz CT molecular complexity index is 962. The fourth-order valence-electron chi connectivity index (χ4n) is 2.53. The highest BCUT2D eigenvalue weighted by Crippen LogP contribution is 2.10. The molecular weight excluding hydrogens is 314 g/mol. The number of nitro groups is 1. The van der Waals surface area contributed by atoms with E-state index < -0.39 is 11.0 Å². The Kier molecular flexibility index (Phi) is 4.09. The molecule has 0 radical (unpaired) electrons. The maximum Gasteiger partial charge on any atom is 0.306 e. The second-order valence-electron chi connectivity index (χ2n) is 5.42. The van der Waals surface area contributed by atoms with Crippen LogP contribution in [0.15, 0.2) is 41.5 Å². The van der Waals surface area contributed by atoms with Gasteiger partial charge in [0, 0.05) is 0 Å². The molecule has 2 aromatic heterocycles. The number of hydrogen-bond acceptors (Lipinski definition) is 6. The number of hydrogen-bond donors (Lipinski definition) is 1. The van der Waals surface area contributed by atoms with Gasteiger partial charge in [0.2, 0.25) is 0 Å². The Morgan fingerprint density at radius 1 is 1.33 bits per heavy atom. The van der Waals surface area contributed by atoms with Crippen molar-refractivity contribution in [2.75, 3.05) is 0 Å². The lowest BCUT2D eigenvalue weighted by atomic mass is 10.2. The van der Waals surface area contributed by atoms with Crippen LogP contribution in [0, 0.1) is 17.0 Å². The minimum Gasteiger partial charge on any atom is -0.389 e. The van der Waals surface area contributed by atoms with Crippen LogP contribution in [0.2, 0.25) is 0 Å². The van der Waals surface area contributed by atoms with Gasteiger partial charge in [0.15, 0.2) is 0 Å². The molecule has 0 saturated heterocycles. The van der Waals surface area contributed by atoms with Gasteiger partial charge in [0.25, 0.3) is 5.56 Å². The van der Waals surface area contributed by atoms with E-state index in [1.54, 1.807) is 31.2 Å². The summed E-state index contributed by atoms with van der Waals surface area (Å²) in [5, 5.41) is 25.2. The zero-order valence-electron chi connectivity index (χ0n) is 12.9. The molecular formula is C15H15N5O4. The maximum absolute atomic E-state index is 12.5. The number of rotatable bonds is 5. The van der Waals surface area contributed by atoms with E-state index in [0.717, 1.165) is 6.20 Å². The van der Waals surface area contributed by atoms with Crippen molar-refractivity contribution in [2.24, 2.45) is 0 Å². The van der Waals surface area contributed by atoms with Crippen LogP contribution in [0.3, 0.4) is 0 Å². The van der Waals surface area contributed by atoms with Crippen molar-refractivity contribution in [3.05, 3.63) is 63.0 Å². The second-order valence-corrected chi connectivity index (χ2v) is 5.42. The molecule has 1 atom stereocenters. The molecule has 0 amide bonds. The highest BCUT2D eigenvalue weighted by Gasteiger charge is 2.15. The third kappa shape index (κ3) is 3.01. The number of fused-ring (bicyclic) bond motifs is 1. The summed E-state index contributed by atoms with van der Waals surface area (Å²) in [5.41, 5.74) is 0.222. The van der Waals surface area contributed by atoms with Gasteiger partial charge < -0.3 is 5.11 Å². The fraction of sp³-hybridized carbons (Fsp3) is 0.267. The molecule has 0 fully saturated rings. The summed E-state index contributed by atoms with van der Waals surface area (Å²) in [5.74, 6) is 0.490. The van der Waals surface area contributed by atoms with E-state index in [-0.39, 0.29) is 24.3 Å². The van der Waals surface area contributed by atoms with Crippen LogP contribution in [-0.4, -0.2) is 35.5 Å². The summed E-state index contributed by atoms with van der Waals surface area (Å²) in [7, 11) is 0. The first kappa shape index (κ1) is 15.8. The standard InChI is InChI=1S/C15H15N5O4/c1-10-17-14-5-3-2-4-13(14)15(22)19(10)9-12(21)8-18-7-11(6-16-18)20(23)24/h2-7,12,21H,8-9H2,1H3. The molecule has 124 valence electrons. The minimum absolute atomic E-state index is 0.0240. The van der Waals surface area contributed by atoms with E-state index >= 15 is 0 Å². The third-order valence-electron chi connectivity index (χ3n) is 3.67. The lowest BCUT2D eigenvalue weighted by Gasteiger charge is -2.15. The molecule has 0 aliphatic rings. The van der Waals surface area contributed by atoms with Gasteiger partial charge in [-0.05, 0) is 19.1 Å². The Labute approximate surface area is 135 Å². The number of nitrogens with zero attached hydrogens (tertiary/aromatic N) is 5. The van der Waals surface area contributed by atoms with Crippen molar-refractivity contribution in [1.29, 1.82) is 0 Å². The number of para-hydroxylation sites is 1. The number of aryl methyl sites for hydroxylation is 1. The van der Waals surface area contributed by atoms with Crippen LogP contribution in [-0.2, 0) is 13.1 Å². The van der Waals surface area contributed by atoms with Gasteiger partial charge in [-0.2, -0.15) is 5.10 Å². The Morgan fingerprint density at radius 2 is 2.08 bits per heavy atom. The van der Waals surface area contributed by atoms with Gasteiger partial charge in [-0.15, -0.1) is 0 Å². The van der Waals surface area contributed by atoms with E-state index in [1.807, 2.05) is 0 Å². The van der Waals surface area contributed by atoms with Crippen molar-refractivity contribution >= 4 is 16.6 Å². The molecule has 0 bridgehead atoms. The van der Waals surface area contributed by atoms with Gasteiger partial charge >= 0.3 is 5.69 Å². The molecule has 0 aliphatic heterocycles. The summed E-state index contributed by atoms with van der Waals surface area (Å²) in [6.45, 7) is 1.75. The van der Waals surface area contributed by atoms with Gasteiger partial charge in [0.1, 0.15) is 18.2 Å². The lowest BCUT2D eigenvalue weighted by molar-refractivity contribution is -0.385. The van der Waals surface area contributed by atoms with Crippen LogP contribution in [0.25, 0.3) is 10.9 Å². The number of aliphatic hydroxyl groups is 1. The molecule has 1 unspecified atom stereocenters. The Morgan fingerprint density at radius 3 is 2.79 bits per heavy atom. The van der Waals surface area contributed by atoms with E-state index in [0.29, 0.717) is 16.7 Å². The summed E-state index contributed by atoms with van der Waals surface area (Å²) in [4.78, 5) is 27.0. The largest absolute Gasteiger partial charge is 0.389 e. The van der Waals surface area contributed by atoms with Gasteiger partial charge in [-0.1, -0.05) is 12.1 Å². The molecule has 2 heterocycles. The molecule has 9 heteroatoms. The molecule has 24 heavy (non-hydrogen) atoms. The average Bonchev–Trinajstić information content (AvgIpc) is 3.00. The quantitative estimate of drug-likeness (QED) is 0.548. The molecule has 1 N–H and O–H groups in total. The summed E-state index contributed by atoms with van der Waals surface area (Å²) in [6, 6.07) is 7.00. The second kappa shape index (κ2) is 6.20. The highest BCUT2D eigenvalue weighted by atomic mass is 16.6. The molecule has 3 rings (SSSR count). The third-order valence-corrected chi connectivity index (χ3v) is 3.67. The van der Waals surface area contributed by atoms with Crippen molar-refractivity contribution in [3.63, 3.8) is 0 Å². The smallest absolute Gasteiger partial charge is 0.306 e. The van der Waals surface area contributed by atoms with Crippen molar-refractivity contribution in [2.45, 2.75) is 26.1 Å². The van der Waals surface area contributed by atoms with E-state index in [1.165, 1.54) is 15.4 Å². The SMILES string of the molecule is Cc1nc2ccccc2c(=O)n1CC(O)Cn1cc([N+](=O)[O-])cn1. The monoisotopic (exact) mass is 329 g/mol. The molecule has 0 spiro atoms. The first-order chi connectivity index (χ1) is 11.5. The zero-order valence-corrected chi connectivity index (χ0v) is 12.9. The van der Waals surface area contributed by atoms with Crippen molar-refractivity contribution < 1.29 is 10.0 Å². The first-order valence-electron chi connectivity index (χ1n) is 7.27. The van der Waals surface area contributed by atoms with Crippen LogP contribution in [0.5, 0.6) is 0 Å². The summed E-state index contributed by atoms with van der Waals surface area (Å²) >= 11 is 0. The van der Waals surface area contributed by atoms with Gasteiger partial charge in [-0.25, -0.2) is 4.98 Å². The highest BCUT2D eigenvalue weighted by molar-refractivity contribution is 5.77. The normalized spacial score (nSPS) is 12.4. The topological polar surface area (TPSA) is 116 Å². The summed E-state index contributed by atoms with van der Waals surface area (Å²) < 4.78 is 2.67. The van der Waals surface area contributed by atoms with Crippen LogP contribution in [0.4, 0.5) is 5.69 Å². The zero-order chi connectivity index (χ0) is 17.3. The summed E-state index contributed by atoms with van der Waals surface area (Å²) in [6.07, 6.45) is 1.41. The van der Waals surface area contributed by atoms with Crippen LogP contribution >= 0.6 is 0 Å².